The zero-order chi connectivity index (χ0) is 17.0. The Balaban J connectivity index is 2.14. The highest BCUT2D eigenvalue weighted by Crippen LogP contribution is 2.18. The van der Waals surface area contributed by atoms with Gasteiger partial charge in [-0.2, -0.15) is 12.7 Å². The van der Waals surface area contributed by atoms with E-state index in [-0.39, 0.29) is 12.1 Å². The first-order chi connectivity index (χ1) is 10.8. The fourth-order valence-electron chi connectivity index (χ4n) is 1.85. The number of nitrogens with one attached hydrogen (secondary N) is 1. The van der Waals surface area contributed by atoms with Crippen LogP contribution in [0.25, 0.3) is 0 Å². The molecule has 0 aliphatic rings. The standard InChI is InChI=1S/C15H14ClIN2O3S/c1-19(10-11-5-3-2-4-6-11)23(21,22)18-15(20)13-9-12(16)7-8-14(13)17/h2-9H,10H2,1H3,(H,18,20). The van der Waals surface area contributed by atoms with Crippen LogP contribution in [0.2, 0.25) is 5.02 Å². The molecular formula is C15H14ClIN2O3S. The smallest absolute Gasteiger partial charge is 0.268 e. The average molecular weight is 465 g/mol. The lowest BCUT2D eigenvalue weighted by atomic mass is 10.2. The fraction of sp³-hybridized carbons (Fsp3) is 0.133. The molecule has 0 aliphatic carbocycles. The molecule has 5 nitrogen and oxygen atoms in total. The molecule has 2 rings (SSSR count). The van der Waals surface area contributed by atoms with Gasteiger partial charge in [-0.3, -0.25) is 4.79 Å². The van der Waals surface area contributed by atoms with Gasteiger partial charge in [0.25, 0.3) is 5.91 Å². The van der Waals surface area contributed by atoms with Crippen molar-refractivity contribution in [3.05, 3.63) is 68.3 Å². The third-order valence-electron chi connectivity index (χ3n) is 3.05. The number of amides is 1. The minimum absolute atomic E-state index is 0.163. The van der Waals surface area contributed by atoms with Crippen molar-refractivity contribution in [1.82, 2.24) is 9.03 Å². The van der Waals surface area contributed by atoms with Crippen LogP contribution in [0.15, 0.2) is 48.5 Å². The van der Waals surface area contributed by atoms with E-state index in [1.807, 2.05) is 52.9 Å². The summed E-state index contributed by atoms with van der Waals surface area (Å²) in [6.07, 6.45) is 0. The lowest BCUT2D eigenvalue weighted by Gasteiger charge is -2.18. The third kappa shape index (κ3) is 4.90. The van der Waals surface area contributed by atoms with Gasteiger partial charge in [0, 0.05) is 22.2 Å². The largest absolute Gasteiger partial charge is 0.304 e. The Labute approximate surface area is 154 Å². The summed E-state index contributed by atoms with van der Waals surface area (Å²) in [5, 5.41) is 0.366. The predicted molar refractivity (Wildman–Crippen MR) is 98.5 cm³/mol. The van der Waals surface area contributed by atoms with E-state index in [0.717, 1.165) is 9.87 Å². The zero-order valence-corrected chi connectivity index (χ0v) is 15.9. The summed E-state index contributed by atoms with van der Waals surface area (Å²) in [5.74, 6) is -0.711. The normalized spacial score (nSPS) is 11.5. The number of hydrogen-bond donors (Lipinski definition) is 1. The Morgan fingerprint density at radius 2 is 1.87 bits per heavy atom. The maximum atomic E-state index is 12.3. The number of rotatable bonds is 5. The number of benzene rings is 2. The summed E-state index contributed by atoms with van der Waals surface area (Å²) < 4.78 is 28.3. The van der Waals surface area contributed by atoms with E-state index in [0.29, 0.717) is 8.59 Å². The van der Waals surface area contributed by atoms with Gasteiger partial charge >= 0.3 is 10.2 Å². The molecule has 1 N–H and O–H groups in total. The Kier molecular flexibility index (Phi) is 6.01. The summed E-state index contributed by atoms with van der Waals surface area (Å²) in [7, 11) is -2.54. The van der Waals surface area contributed by atoms with Crippen LogP contribution >= 0.6 is 34.2 Å². The molecule has 1 amide bonds. The summed E-state index contributed by atoms with van der Waals surface area (Å²) in [4.78, 5) is 12.2. The Hall–Kier alpha value is -1.16. The molecule has 0 saturated heterocycles. The number of carbonyl (C=O) groups excluding carboxylic acids is 1. The van der Waals surface area contributed by atoms with E-state index in [1.165, 1.54) is 13.1 Å². The van der Waals surface area contributed by atoms with Gasteiger partial charge in [-0.25, -0.2) is 4.72 Å². The molecule has 2 aromatic rings. The van der Waals surface area contributed by atoms with Crippen molar-refractivity contribution in [2.75, 3.05) is 7.05 Å². The SMILES string of the molecule is CN(Cc1ccccc1)S(=O)(=O)NC(=O)c1cc(Cl)ccc1I. The molecule has 2 aromatic carbocycles. The second kappa shape index (κ2) is 7.61. The molecule has 0 bridgehead atoms. The molecule has 0 spiro atoms. The highest BCUT2D eigenvalue weighted by molar-refractivity contribution is 14.1. The molecule has 0 unspecified atom stereocenters. The average Bonchev–Trinajstić information content (AvgIpc) is 2.50. The quantitative estimate of drug-likeness (QED) is 0.692. The molecule has 0 aliphatic heterocycles. The van der Waals surface area contributed by atoms with Gasteiger partial charge < -0.3 is 0 Å². The second-order valence-electron chi connectivity index (χ2n) is 4.80. The first-order valence-electron chi connectivity index (χ1n) is 6.57. The highest BCUT2D eigenvalue weighted by Gasteiger charge is 2.22. The van der Waals surface area contributed by atoms with Gasteiger partial charge in [-0.15, -0.1) is 0 Å². The minimum Gasteiger partial charge on any atom is -0.268 e. The number of nitrogens with zero attached hydrogens (tertiary/aromatic N) is 1. The van der Waals surface area contributed by atoms with Gasteiger partial charge in [0.05, 0.1) is 5.56 Å². The minimum atomic E-state index is -3.95. The van der Waals surface area contributed by atoms with Crippen LogP contribution in [-0.2, 0) is 16.8 Å². The maximum Gasteiger partial charge on any atom is 0.304 e. The summed E-state index contributed by atoms with van der Waals surface area (Å²) in [6.45, 7) is 0.163. The van der Waals surface area contributed by atoms with E-state index < -0.39 is 16.1 Å². The van der Waals surface area contributed by atoms with E-state index in [9.17, 15) is 13.2 Å². The van der Waals surface area contributed by atoms with E-state index >= 15 is 0 Å². The molecule has 0 fully saturated rings. The summed E-state index contributed by atoms with van der Waals surface area (Å²) in [5.41, 5.74) is 1.04. The summed E-state index contributed by atoms with van der Waals surface area (Å²) in [6, 6.07) is 13.8. The van der Waals surface area contributed by atoms with Crippen LogP contribution in [-0.4, -0.2) is 25.7 Å². The van der Waals surface area contributed by atoms with Crippen LogP contribution in [0.5, 0.6) is 0 Å². The topological polar surface area (TPSA) is 66.5 Å². The lowest BCUT2D eigenvalue weighted by Crippen LogP contribution is -2.41. The van der Waals surface area contributed by atoms with Crippen molar-refractivity contribution in [1.29, 1.82) is 0 Å². The molecule has 0 radical (unpaired) electrons. The van der Waals surface area contributed by atoms with Gasteiger partial charge in [-0.1, -0.05) is 41.9 Å². The number of carbonyl (C=O) groups is 1. The molecule has 0 aromatic heterocycles. The van der Waals surface area contributed by atoms with Crippen molar-refractivity contribution in [2.45, 2.75) is 6.54 Å². The van der Waals surface area contributed by atoms with Gasteiger partial charge in [0.2, 0.25) is 0 Å². The van der Waals surface area contributed by atoms with E-state index in [1.54, 1.807) is 12.1 Å². The van der Waals surface area contributed by atoms with Crippen LogP contribution in [0.4, 0.5) is 0 Å². The fourth-order valence-corrected chi connectivity index (χ4v) is 3.42. The predicted octanol–water partition coefficient (Wildman–Crippen LogP) is 3.05. The molecule has 0 heterocycles. The number of hydrogen-bond acceptors (Lipinski definition) is 3. The van der Waals surface area contributed by atoms with Crippen LogP contribution in [0.3, 0.4) is 0 Å². The first-order valence-corrected chi connectivity index (χ1v) is 9.46. The van der Waals surface area contributed by atoms with Crippen molar-refractivity contribution in [3.63, 3.8) is 0 Å². The van der Waals surface area contributed by atoms with E-state index in [2.05, 4.69) is 4.72 Å². The van der Waals surface area contributed by atoms with Gasteiger partial charge in [-0.05, 0) is 46.4 Å². The Bertz CT molecular complexity index is 813. The van der Waals surface area contributed by atoms with Gasteiger partial charge in [0.15, 0.2) is 0 Å². The first kappa shape index (κ1) is 18.2. The third-order valence-corrected chi connectivity index (χ3v) is 5.62. The molecule has 122 valence electrons. The molecule has 23 heavy (non-hydrogen) atoms. The van der Waals surface area contributed by atoms with Crippen LogP contribution in [0, 0.1) is 3.57 Å². The zero-order valence-electron chi connectivity index (χ0n) is 12.2. The van der Waals surface area contributed by atoms with Crippen molar-refractivity contribution >= 4 is 50.3 Å². The second-order valence-corrected chi connectivity index (χ2v) is 8.18. The highest BCUT2D eigenvalue weighted by atomic mass is 127. The lowest BCUT2D eigenvalue weighted by molar-refractivity contribution is 0.0978. The van der Waals surface area contributed by atoms with Crippen LogP contribution < -0.4 is 4.72 Å². The Morgan fingerprint density at radius 1 is 1.22 bits per heavy atom. The van der Waals surface area contributed by atoms with Crippen LogP contribution in [0.1, 0.15) is 15.9 Å². The van der Waals surface area contributed by atoms with Crippen molar-refractivity contribution < 1.29 is 13.2 Å². The molecule has 0 saturated carbocycles. The van der Waals surface area contributed by atoms with Crippen molar-refractivity contribution in [3.8, 4) is 0 Å². The monoisotopic (exact) mass is 464 g/mol. The number of halogens is 2. The van der Waals surface area contributed by atoms with Crippen molar-refractivity contribution in [2.24, 2.45) is 0 Å². The van der Waals surface area contributed by atoms with Gasteiger partial charge in [0.1, 0.15) is 0 Å². The molecule has 8 heteroatoms. The Morgan fingerprint density at radius 3 is 2.52 bits per heavy atom. The molecular weight excluding hydrogens is 451 g/mol. The summed E-state index contributed by atoms with van der Waals surface area (Å²) >= 11 is 7.81. The maximum absolute atomic E-state index is 12.3. The van der Waals surface area contributed by atoms with E-state index in [4.69, 9.17) is 11.6 Å². The molecule has 0 atom stereocenters.